The number of methoxy groups -OCH3 is 9. The highest BCUT2D eigenvalue weighted by Gasteiger charge is 2.22. The van der Waals surface area contributed by atoms with Crippen LogP contribution in [-0.2, 0) is 42.6 Å². The molecule has 104 heavy (non-hydrogen) atoms. The molecule has 0 radical (unpaired) electrons. The molecule has 0 fully saturated rings. The number of nitrogens with one attached hydrogen (secondary N) is 1. The molecule has 26 nitrogen and oxygen atoms in total. The fourth-order valence-corrected chi connectivity index (χ4v) is 10.8. The minimum Gasteiger partial charge on any atom is -0.495 e. The number of aldehydes is 1. The van der Waals surface area contributed by atoms with Crippen LogP contribution in [0, 0.1) is 0 Å². The van der Waals surface area contributed by atoms with Gasteiger partial charge >= 0.3 is 29.8 Å². The third-order valence-corrected chi connectivity index (χ3v) is 18.3. The number of aromatic nitrogens is 3. The molecule has 0 amide bonds. The summed E-state index contributed by atoms with van der Waals surface area (Å²) < 4.78 is 67.0. The van der Waals surface area contributed by atoms with Crippen molar-refractivity contribution >= 4 is 214 Å². The Balaban J connectivity index is 0.000000419. The van der Waals surface area contributed by atoms with Crippen LogP contribution < -0.4 is 28.4 Å². The summed E-state index contributed by atoms with van der Waals surface area (Å²) in [4.78, 5) is 73.9. The number of nitrogens with zero attached hydrogens (tertiary/aromatic N) is 8. The van der Waals surface area contributed by atoms with Gasteiger partial charge in [0.05, 0.1) is 126 Å². The summed E-state index contributed by atoms with van der Waals surface area (Å²) in [5, 5.41) is 21.0. The van der Waals surface area contributed by atoms with Crippen LogP contribution >= 0.6 is 139 Å². The summed E-state index contributed by atoms with van der Waals surface area (Å²) in [6, 6.07) is 21.4. The van der Waals surface area contributed by atoms with Gasteiger partial charge in [-0.05, 0) is 84.2 Å². The number of benzene rings is 6. The van der Waals surface area contributed by atoms with Gasteiger partial charge in [0.15, 0.2) is 6.29 Å². The first kappa shape index (κ1) is 89.7. The average molecular weight is 1680 g/mol. The molecule has 3 aromatic heterocycles. The number of azide groups is 2. The second-order valence-corrected chi connectivity index (χ2v) is 23.4. The average Bonchev–Trinajstić information content (AvgIpc) is 1.64. The van der Waals surface area contributed by atoms with Crippen molar-refractivity contribution in [3.05, 3.63) is 194 Å². The van der Waals surface area contributed by atoms with Gasteiger partial charge in [0.1, 0.15) is 94.0 Å². The topological polar surface area (TPSA) is 338 Å². The number of aromatic carboxylic acids is 1. The highest BCUT2D eigenvalue weighted by molar-refractivity contribution is 6.48. The number of halogens is 13. The first-order valence-electron chi connectivity index (χ1n) is 28.8. The number of carbonyl (C=O) groups is 6. The third kappa shape index (κ3) is 24.3. The SMILES string of the molecule is CCOC(=O)CN=[N+]=[N-].COC(=O)/C(=C/c1ccc(OC)c(Cl)c1Cl)N=[N+]=[N-].COC(=O)c1cc2c(Cl)c(Cl)c(OC)cc2[nH]1.COC(=O)c1cc2c(Cl)c(Cl)c(OC)cc2n1C.COc1cc2c(cc(C(=O)O)n2C)c(Cl)c1Cl.COc1ccc(C=O)c(Cl)c1Cl.COc1cccc(Cl)c1Cl.[2H]CF. The largest absolute Gasteiger partial charge is 0.495 e. The summed E-state index contributed by atoms with van der Waals surface area (Å²) in [6.45, 7) is 1.79. The smallest absolute Gasteiger partial charge is 0.354 e. The zero-order valence-corrected chi connectivity index (χ0v) is 65.3. The first-order valence-corrected chi connectivity index (χ1v) is 32.6. The molecule has 0 unspecified atom stereocenters. The number of aromatic amines is 1. The maximum Gasteiger partial charge on any atom is 0.354 e. The van der Waals surface area contributed by atoms with Crippen LogP contribution in [0.5, 0.6) is 34.5 Å². The number of ether oxygens (including phenoxy) is 10. The van der Waals surface area contributed by atoms with E-state index in [1.54, 1.807) is 105 Å². The van der Waals surface area contributed by atoms with Crippen LogP contribution in [0.25, 0.3) is 59.7 Å². The van der Waals surface area contributed by atoms with Gasteiger partial charge in [-0.2, -0.15) is 0 Å². The van der Waals surface area contributed by atoms with E-state index in [4.69, 9.17) is 190 Å². The van der Waals surface area contributed by atoms with Crippen LogP contribution in [0.1, 0.15) is 55.7 Å². The third-order valence-electron chi connectivity index (χ3n) is 13.1. The number of alkyl halides is 1. The van der Waals surface area contributed by atoms with Crippen molar-refractivity contribution in [2.75, 3.05) is 84.3 Å². The number of aryl methyl sites for hydroxylation is 2. The molecular formula is C65H60Cl12FN9O17. The highest BCUT2D eigenvalue weighted by atomic mass is 35.5. The van der Waals surface area contributed by atoms with Crippen molar-refractivity contribution in [1.29, 1.82) is 0 Å². The summed E-state index contributed by atoms with van der Waals surface area (Å²) in [6.07, 6.45) is 1.92. The van der Waals surface area contributed by atoms with E-state index in [0.717, 1.165) is 5.52 Å². The van der Waals surface area contributed by atoms with Crippen molar-refractivity contribution in [3.8, 4) is 34.5 Å². The van der Waals surface area contributed by atoms with Crippen molar-refractivity contribution in [1.82, 2.24) is 14.1 Å². The minimum atomic E-state index is -1.02. The normalized spacial score (nSPS) is 10.2. The fraction of sp³-hybridized carbons (Fsp3) is 0.231. The lowest BCUT2D eigenvalue weighted by molar-refractivity contribution is -0.141. The molecule has 2 N–H and O–H groups in total. The Morgan fingerprint density at radius 1 is 0.548 bits per heavy atom. The van der Waals surface area contributed by atoms with Gasteiger partial charge in [-0.3, -0.25) is 14.0 Å². The van der Waals surface area contributed by atoms with Crippen LogP contribution in [0.15, 0.2) is 94.8 Å². The molecule has 0 spiro atoms. The molecule has 0 aliphatic heterocycles. The van der Waals surface area contributed by atoms with Crippen LogP contribution in [0.2, 0.25) is 60.3 Å². The van der Waals surface area contributed by atoms with Gasteiger partial charge < -0.3 is 66.6 Å². The Morgan fingerprint density at radius 2 is 0.981 bits per heavy atom. The molecule has 0 bridgehead atoms. The number of fused-ring (bicyclic) bond motifs is 3. The summed E-state index contributed by atoms with van der Waals surface area (Å²) in [7, 11) is 15.2. The van der Waals surface area contributed by atoms with Gasteiger partial charge in [0.2, 0.25) is 0 Å². The summed E-state index contributed by atoms with van der Waals surface area (Å²) in [5.41, 5.74) is 19.6. The van der Waals surface area contributed by atoms with Crippen LogP contribution in [-0.4, -0.2) is 140 Å². The zero-order valence-electron chi connectivity index (χ0n) is 57.3. The lowest BCUT2D eigenvalue weighted by Gasteiger charge is -2.07. The molecular weight excluding hydrogens is 1620 g/mol. The van der Waals surface area contributed by atoms with Gasteiger partial charge in [-0.25, -0.2) is 19.2 Å². The standard InChI is InChI=1S/C12H11Cl2NO3.C11H9Cl2N3O3.2C11H9Cl2NO3.C8H6Cl2O2.C7H6Cl2O.C4H7N3O2.CH3F/c1-15-7-5-9(17-2)11(14)10(13)6(7)4-8(15)12(16)18-3;1-18-8-4-3-6(9(12)10(8)13)5-7(15-16-14)11(17)19-2;1-16-8-4-6-5(9(12)10(8)13)3-7(14-6)11(15)17-2;1-14-6-4-8(17-2)10(13)9(12)5(6)3-7(14)11(15)16;1-12-6-3-2-5(4-11)7(9)8(6)10;1-10-6-4-2-3-5(8)7(6)9;1-2-9-4(8)3-6-7-5;1-2/h4-5H,1-3H3;3-5H,1-2H3;3-4,14H,1-2H3;3-4H,1-2H3,(H,15,16);2-4H,1H3;2-4H,1H3;2-3H2,1H3;1H3/b;7-5-;;;;;;/i;;;;;;;1D. The number of carboxylic acids is 1. The molecule has 0 saturated heterocycles. The number of H-pyrrole nitrogens is 1. The maximum absolute atomic E-state index is 11.6. The molecule has 9 rings (SSSR count). The van der Waals surface area contributed by atoms with Crippen LogP contribution in [0.4, 0.5) is 4.39 Å². The lowest BCUT2D eigenvalue weighted by atomic mass is 10.2. The van der Waals surface area contributed by atoms with E-state index in [9.17, 15) is 33.2 Å². The van der Waals surface area contributed by atoms with E-state index in [1.165, 1.54) is 73.6 Å². The molecule has 558 valence electrons. The maximum atomic E-state index is 11.6. The van der Waals surface area contributed by atoms with E-state index in [0.29, 0.717) is 132 Å². The Morgan fingerprint density at radius 3 is 1.40 bits per heavy atom. The first-order chi connectivity index (χ1) is 49.8. The van der Waals surface area contributed by atoms with E-state index in [2.05, 4.69) is 39.2 Å². The second kappa shape index (κ2) is 45.7. The Kier molecular flexibility index (Phi) is 39.4. The van der Waals surface area contributed by atoms with Gasteiger partial charge in [0, 0.05) is 63.8 Å². The molecule has 3 heterocycles. The molecule has 9 aromatic rings. The van der Waals surface area contributed by atoms with Crippen molar-refractivity contribution < 1.29 is 87.0 Å². The number of rotatable bonds is 16. The quantitative estimate of drug-likeness (QED) is 0.0173. The van der Waals surface area contributed by atoms with E-state index < -0.39 is 37.0 Å². The highest BCUT2D eigenvalue weighted by Crippen LogP contribution is 2.43. The summed E-state index contributed by atoms with van der Waals surface area (Å²) in [5.74, 6) is -0.386. The molecule has 0 saturated carbocycles. The Bertz CT molecular complexity index is 4720. The monoisotopic (exact) mass is 1680 g/mol. The Hall–Kier alpha value is -8.47. The molecule has 0 aliphatic rings. The number of carboxylic acid groups (broad SMARTS) is 1. The predicted octanol–water partition coefficient (Wildman–Crippen LogP) is 20.8. The molecule has 39 heteroatoms. The second-order valence-electron chi connectivity index (χ2n) is 18.8. The van der Waals surface area contributed by atoms with E-state index in [-0.39, 0.29) is 43.0 Å². The van der Waals surface area contributed by atoms with Crippen molar-refractivity contribution in [2.24, 2.45) is 24.3 Å². The van der Waals surface area contributed by atoms with Crippen molar-refractivity contribution in [3.63, 3.8) is 0 Å². The number of hydrogen-bond acceptors (Lipinski definition) is 18. The van der Waals surface area contributed by atoms with Gasteiger partial charge in [-0.1, -0.05) is 156 Å². The summed E-state index contributed by atoms with van der Waals surface area (Å²) >= 11 is 71.3. The Labute approximate surface area is 654 Å². The van der Waals surface area contributed by atoms with Crippen molar-refractivity contribution in [2.45, 2.75) is 6.92 Å². The molecule has 0 aliphatic carbocycles. The minimum absolute atomic E-state index is 0.145. The van der Waals surface area contributed by atoms with E-state index >= 15 is 0 Å². The van der Waals surface area contributed by atoms with Gasteiger partial charge in [-0.15, -0.1) is 0 Å². The number of hydrogen-bond donors (Lipinski definition) is 2. The number of esters is 4. The van der Waals surface area contributed by atoms with Crippen LogP contribution in [0.3, 0.4) is 0 Å². The molecule has 6 aromatic carbocycles. The van der Waals surface area contributed by atoms with Gasteiger partial charge in [0.25, 0.3) is 0 Å². The fourth-order valence-electron chi connectivity index (χ4n) is 8.10. The predicted molar refractivity (Wildman–Crippen MR) is 405 cm³/mol. The molecule has 0 atom stereocenters. The zero-order chi connectivity index (χ0) is 79.7. The van der Waals surface area contributed by atoms with E-state index in [1.807, 2.05) is 0 Å². The number of carbonyl (C=O) groups excluding carboxylic acids is 5. The lowest BCUT2D eigenvalue weighted by Crippen LogP contribution is -2.06.